The van der Waals surface area contributed by atoms with Crippen molar-refractivity contribution in [3.8, 4) is 5.69 Å². The summed E-state index contributed by atoms with van der Waals surface area (Å²) in [6.07, 6.45) is 9.18. The van der Waals surface area contributed by atoms with E-state index in [1.807, 2.05) is 11.1 Å². The van der Waals surface area contributed by atoms with Crippen molar-refractivity contribution in [1.29, 1.82) is 0 Å². The van der Waals surface area contributed by atoms with Gasteiger partial charge in [0.1, 0.15) is 5.82 Å². The Morgan fingerprint density at radius 1 is 1.16 bits per heavy atom. The molecule has 1 saturated heterocycles. The molecule has 25 heavy (non-hydrogen) atoms. The number of rotatable bonds is 3. The van der Waals surface area contributed by atoms with Crippen molar-refractivity contribution in [3.05, 3.63) is 66.8 Å². The summed E-state index contributed by atoms with van der Waals surface area (Å²) < 4.78 is 16.7. The summed E-state index contributed by atoms with van der Waals surface area (Å²) in [6.45, 7) is 1.38. The Bertz CT molecular complexity index is 856. The number of piperidine rings is 1. The molecule has 0 saturated carbocycles. The fourth-order valence-corrected chi connectivity index (χ4v) is 3.21. The smallest absolute Gasteiger partial charge is 0.274 e. The van der Waals surface area contributed by atoms with E-state index in [0.29, 0.717) is 12.2 Å². The van der Waals surface area contributed by atoms with Gasteiger partial charge in [-0.2, -0.15) is 5.10 Å². The molecule has 0 unspecified atom stereocenters. The fourth-order valence-electron chi connectivity index (χ4n) is 3.21. The number of halogens is 1. The molecular formula is C18H18FN5O. The van der Waals surface area contributed by atoms with Crippen molar-refractivity contribution in [1.82, 2.24) is 24.2 Å². The predicted octanol–water partition coefficient (Wildman–Crippen LogP) is 2.69. The fraction of sp³-hybridized carbons (Fsp3) is 0.278. The Hall–Kier alpha value is -2.96. The molecule has 1 atom stereocenters. The lowest BCUT2D eigenvalue weighted by atomic mass is 10.1. The summed E-state index contributed by atoms with van der Waals surface area (Å²) in [6, 6.07) is 7.96. The maximum absolute atomic E-state index is 13.0. The van der Waals surface area contributed by atoms with E-state index in [4.69, 9.17) is 0 Å². The molecule has 0 bridgehead atoms. The monoisotopic (exact) mass is 339 g/mol. The number of imidazole rings is 1. The zero-order valence-corrected chi connectivity index (χ0v) is 13.6. The second-order valence-corrected chi connectivity index (χ2v) is 6.18. The van der Waals surface area contributed by atoms with Crippen LogP contribution in [-0.2, 0) is 0 Å². The molecule has 1 aromatic carbocycles. The zero-order valence-electron chi connectivity index (χ0n) is 13.6. The van der Waals surface area contributed by atoms with Crippen LogP contribution in [0.15, 0.2) is 55.2 Å². The van der Waals surface area contributed by atoms with Gasteiger partial charge in [-0.25, -0.2) is 14.1 Å². The maximum Gasteiger partial charge on any atom is 0.274 e. The van der Waals surface area contributed by atoms with Crippen molar-refractivity contribution in [3.63, 3.8) is 0 Å². The summed E-state index contributed by atoms with van der Waals surface area (Å²) in [4.78, 5) is 18.7. The highest BCUT2D eigenvalue weighted by Crippen LogP contribution is 2.22. The van der Waals surface area contributed by atoms with Gasteiger partial charge >= 0.3 is 0 Å². The number of hydrogen-bond acceptors (Lipinski definition) is 3. The topological polar surface area (TPSA) is 56.0 Å². The molecule has 0 spiro atoms. The van der Waals surface area contributed by atoms with E-state index < -0.39 is 0 Å². The zero-order chi connectivity index (χ0) is 17.2. The van der Waals surface area contributed by atoms with Crippen LogP contribution in [0.2, 0.25) is 0 Å². The van der Waals surface area contributed by atoms with Gasteiger partial charge in [0.15, 0.2) is 5.69 Å². The first-order valence-corrected chi connectivity index (χ1v) is 8.29. The molecule has 1 amide bonds. The third-order valence-electron chi connectivity index (χ3n) is 4.53. The number of carbonyl (C=O) groups is 1. The highest BCUT2D eigenvalue weighted by atomic mass is 19.1. The van der Waals surface area contributed by atoms with Crippen molar-refractivity contribution >= 4 is 5.91 Å². The summed E-state index contributed by atoms with van der Waals surface area (Å²) in [5.74, 6) is -0.378. The number of hydrogen-bond donors (Lipinski definition) is 0. The number of aromatic nitrogens is 4. The van der Waals surface area contributed by atoms with Gasteiger partial charge in [0, 0.05) is 31.7 Å². The van der Waals surface area contributed by atoms with Crippen LogP contribution >= 0.6 is 0 Å². The lowest BCUT2D eigenvalue weighted by Gasteiger charge is -2.32. The Balaban J connectivity index is 1.50. The molecule has 1 aliphatic rings. The highest BCUT2D eigenvalue weighted by molar-refractivity contribution is 5.92. The maximum atomic E-state index is 13.0. The van der Waals surface area contributed by atoms with E-state index in [-0.39, 0.29) is 17.8 Å². The van der Waals surface area contributed by atoms with Crippen LogP contribution in [0.4, 0.5) is 4.39 Å². The lowest BCUT2D eigenvalue weighted by Crippen LogP contribution is -2.40. The van der Waals surface area contributed by atoms with Gasteiger partial charge in [0.2, 0.25) is 0 Å². The largest absolute Gasteiger partial charge is 0.335 e. The summed E-state index contributed by atoms with van der Waals surface area (Å²) in [5, 5.41) is 4.36. The van der Waals surface area contributed by atoms with E-state index in [0.717, 1.165) is 25.1 Å². The van der Waals surface area contributed by atoms with Gasteiger partial charge in [0.25, 0.3) is 5.91 Å². The minimum Gasteiger partial charge on any atom is -0.335 e. The number of benzene rings is 1. The molecule has 3 heterocycles. The Morgan fingerprint density at radius 3 is 2.76 bits per heavy atom. The Kier molecular flexibility index (Phi) is 4.05. The molecule has 4 rings (SSSR count). The molecule has 2 aromatic heterocycles. The third-order valence-corrected chi connectivity index (χ3v) is 4.53. The first-order chi connectivity index (χ1) is 12.2. The molecule has 0 N–H and O–H groups in total. The van der Waals surface area contributed by atoms with Crippen LogP contribution in [0.5, 0.6) is 0 Å². The molecule has 7 heteroatoms. The summed E-state index contributed by atoms with van der Waals surface area (Å²) in [7, 11) is 0. The first-order valence-electron chi connectivity index (χ1n) is 8.29. The van der Waals surface area contributed by atoms with Crippen molar-refractivity contribution in [2.24, 2.45) is 0 Å². The van der Waals surface area contributed by atoms with Crippen LogP contribution < -0.4 is 0 Å². The minimum absolute atomic E-state index is 0.0781. The van der Waals surface area contributed by atoms with Crippen molar-refractivity contribution < 1.29 is 9.18 Å². The predicted molar refractivity (Wildman–Crippen MR) is 89.9 cm³/mol. The molecule has 3 aromatic rings. The van der Waals surface area contributed by atoms with Gasteiger partial charge in [-0.3, -0.25) is 4.79 Å². The molecular weight excluding hydrogens is 321 g/mol. The van der Waals surface area contributed by atoms with Crippen LogP contribution in [0.3, 0.4) is 0 Å². The number of carbonyl (C=O) groups excluding carboxylic acids is 1. The van der Waals surface area contributed by atoms with Crippen LogP contribution in [-0.4, -0.2) is 43.2 Å². The van der Waals surface area contributed by atoms with Gasteiger partial charge in [-0.1, -0.05) is 0 Å². The van der Waals surface area contributed by atoms with E-state index >= 15 is 0 Å². The second kappa shape index (κ2) is 6.51. The van der Waals surface area contributed by atoms with Gasteiger partial charge in [-0.15, -0.1) is 0 Å². The quantitative estimate of drug-likeness (QED) is 0.737. The normalized spacial score (nSPS) is 17.6. The number of likely N-dealkylation sites (tertiary alicyclic amines) is 1. The molecule has 1 fully saturated rings. The highest BCUT2D eigenvalue weighted by Gasteiger charge is 2.26. The van der Waals surface area contributed by atoms with Crippen molar-refractivity contribution in [2.45, 2.75) is 18.9 Å². The average molecular weight is 339 g/mol. The standard InChI is InChI=1S/C18H18FN5O/c19-14-3-5-15(6-4-14)24-10-7-17(21-24)18(25)22-9-1-2-16(12-22)23-11-8-20-13-23/h3-8,10-11,13,16H,1-2,9,12H2/t16-/m1/s1. The third kappa shape index (κ3) is 3.17. The molecule has 0 aliphatic carbocycles. The number of amides is 1. The first kappa shape index (κ1) is 15.6. The van der Waals surface area contributed by atoms with Gasteiger partial charge < -0.3 is 9.47 Å². The molecule has 6 nitrogen and oxygen atoms in total. The molecule has 0 radical (unpaired) electrons. The average Bonchev–Trinajstić information content (AvgIpc) is 3.34. The lowest BCUT2D eigenvalue weighted by molar-refractivity contribution is 0.0673. The summed E-state index contributed by atoms with van der Waals surface area (Å²) >= 11 is 0. The minimum atomic E-state index is -0.300. The van der Waals surface area contributed by atoms with Crippen LogP contribution in [0.1, 0.15) is 29.4 Å². The van der Waals surface area contributed by atoms with Crippen molar-refractivity contribution in [2.75, 3.05) is 13.1 Å². The van der Waals surface area contributed by atoms with Crippen LogP contribution in [0, 0.1) is 5.82 Å². The van der Waals surface area contributed by atoms with E-state index in [2.05, 4.69) is 14.6 Å². The van der Waals surface area contributed by atoms with Crippen LogP contribution in [0.25, 0.3) is 5.69 Å². The van der Waals surface area contributed by atoms with E-state index in [1.165, 1.54) is 12.1 Å². The van der Waals surface area contributed by atoms with E-state index in [1.54, 1.807) is 41.6 Å². The van der Waals surface area contributed by atoms with Gasteiger partial charge in [0.05, 0.1) is 18.1 Å². The van der Waals surface area contributed by atoms with E-state index in [9.17, 15) is 9.18 Å². The SMILES string of the molecule is O=C(c1ccn(-c2ccc(F)cc2)n1)N1CCC[C@@H](n2ccnc2)C1. The Morgan fingerprint density at radius 2 is 2.00 bits per heavy atom. The molecule has 1 aliphatic heterocycles. The Labute approximate surface area is 144 Å². The second-order valence-electron chi connectivity index (χ2n) is 6.18. The van der Waals surface area contributed by atoms with Gasteiger partial charge in [-0.05, 0) is 43.2 Å². The molecule has 128 valence electrons. The number of nitrogens with zero attached hydrogens (tertiary/aromatic N) is 5. The summed E-state index contributed by atoms with van der Waals surface area (Å²) in [5.41, 5.74) is 1.12.